The minimum Gasteiger partial charge on any atom is -0.455 e. The van der Waals surface area contributed by atoms with Crippen molar-refractivity contribution >= 4 is 17.7 Å². The first-order chi connectivity index (χ1) is 14.7. The van der Waals surface area contributed by atoms with Crippen LogP contribution >= 0.6 is 0 Å². The maximum atomic E-state index is 12.5. The van der Waals surface area contributed by atoms with Crippen LogP contribution in [0.15, 0.2) is 40.8 Å². The lowest BCUT2D eigenvalue weighted by Gasteiger charge is -2.12. The molecule has 0 fully saturated rings. The van der Waals surface area contributed by atoms with Crippen molar-refractivity contribution in [3.8, 4) is 6.07 Å². The van der Waals surface area contributed by atoms with Crippen LogP contribution < -0.4 is 5.56 Å². The van der Waals surface area contributed by atoms with Gasteiger partial charge in [-0.05, 0) is 56.0 Å². The lowest BCUT2D eigenvalue weighted by Crippen LogP contribution is -2.17. The summed E-state index contributed by atoms with van der Waals surface area (Å²) in [7, 11) is 0. The lowest BCUT2D eigenvalue weighted by molar-refractivity contribution is -0.139. The number of fused-ring (bicyclic) bond motifs is 1. The van der Waals surface area contributed by atoms with Gasteiger partial charge in [0.05, 0.1) is 5.69 Å². The first kappa shape index (κ1) is 22.0. The third-order valence-electron chi connectivity index (χ3n) is 5.01. The van der Waals surface area contributed by atoms with Crippen molar-refractivity contribution < 1.29 is 9.53 Å². The fourth-order valence-electron chi connectivity index (χ4n) is 3.46. The highest BCUT2D eigenvalue weighted by Crippen LogP contribution is 2.20. The van der Waals surface area contributed by atoms with E-state index in [4.69, 9.17) is 4.74 Å². The fourth-order valence-corrected chi connectivity index (χ4v) is 3.46. The van der Waals surface area contributed by atoms with Crippen LogP contribution in [0.5, 0.6) is 0 Å². The van der Waals surface area contributed by atoms with Crippen LogP contribution in [-0.4, -0.2) is 19.9 Å². The predicted octanol–water partition coefficient (Wildman–Crippen LogP) is 3.73. The number of nitrogens with zero attached hydrogens (tertiary/aromatic N) is 4. The molecule has 160 valence electrons. The molecule has 0 aliphatic heterocycles. The van der Waals surface area contributed by atoms with E-state index < -0.39 is 5.97 Å². The van der Waals surface area contributed by atoms with Crippen LogP contribution in [0.2, 0.25) is 0 Å². The van der Waals surface area contributed by atoms with E-state index in [0.29, 0.717) is 17.3 Å². The molecular formula is C24H26N4O3. The predicted molar refractivity (Wildman–Crippen MR) is 118 cm³/mol. The number of esters is 1. The van der Waals surface area contributed by atoms with Crippen molar-refractivity contribution in [3.63, 3.8) is 0 Å². The van der Waals surface area contributed by atoms with Crippen LogP contribution in [0.4, 0.5) is 0 Å². The van der Waals surface area contributed by atoms with Crippen LogP contribution in [0.1, 0.15) is 42.1 Å². The van der Waals surface area contributed by atoms with E-state index in [1.54, 1.807) is 18.3 Å². The third-order valence-corrected chi connectivity index (χ3v) is 5.01. The van der Waals surface area contributed by atoms with Crippen molar-refractivity contribution in [2.24, 2.45) is 5.92 Å². The van der Waals surface area contributed by atoms with Crippen LogP contribution in [0.3, 0.4) is 0 Å². The van der Waals surface area contributed by atoms with E-state index in [-0.39, 0.29) is 17.7 Å². The Balaban J connectivity index is 1.80. The molecule has 0 atom stereocenters. The number of nitriles is 1. The summed E-state index contributed by atoms with van der Waals surface area (Å²) in [5.74, 6) is -0.272. The Morgan fingerprint density at radius 2 is 2.00 bits per heavy atom. The zero-order valence-electron chi connectivity index (χ0n) is 18.5. The van der Waals surface area contributed by atoms with E-state index in [1.807, 2.05) is 39.0 Å². The molecule has 0 aromatic carbocycles. The minimum absolute atomic E-state index is 0.0991. The second-order valence-electron chi connectivity index (χ2n) is 8.10. The molecule has 3 aromatic heterocycles. The number of carbonyl (C=O) groups excluding carboxylic acids is 1. The molecule has 7 nitrogen and oxygen atoms in total. The number of ether oxygens (including phenoxy) is 1. The Kier molecular flexibility index (Phi) is 6.40. The van der Waals surface area contributed by atoms with E-state index >= 15 is 0 Å². The molecule has 0 saturated carbocycles. The van der Waals surface area contributed by atoms with E-state index in [1.165, 1.54) is 10.5 Å². The van der Waals surface area contributed by atoms with Crippen LogP contribution in [0.25, 0.3) is 11.7 Å². The number of pyridine rings is 1. The van der Waals surface area contributed by atoms with Crippen molar-refractivity contribution in [1.82, 2.24) is 14.0 Å². The molecule has 31 heavy (non-hydrogen) atoms. The van der Waals surface area contributed by atoms with Gasteiger partial charge in [0, 0.05) is 30.2 Å². The molecule has 0 amide bonds. The fraction of sp³-hybridized carbons (Fsp3) is 0.333. The maximum Gasteiger partial charge on any atom is 0.349 e. The first-order valence-electron chi connectivity index (χ1n) is 10.1. The molecule has 0 aliphatic carbocycles. The largest absolute Gasteiger partial charge is 0.455 e. The summed E-state index contributed by atoms with van der Waals surface area (Å²) in [6, 6.07) is 8.79. The van der Waals surface area contributed by atoms with Crippen molar-refractivity contribution in [2.45, 2.75) is 47.8 Å². The van der Waals surface area contributed by atoms with E-state index in [9.17, 15) is 14.9 Å². The second-order valence-corrected chi connectivity index (χ2v) is 8.10. The number of carbonyl (C=O) groups is 1. The summed E-state index contributed by atoms with van der Waals surface area (Å²) < 4.78 is 8.89. The Morgan fingerprint density at radius 3 is 2.68 bits per heavy atom. The van der Waals surface area contributed by atoms with Gasteiger partial charge >= 0.3 is 5.97 Å². The normalized spacial score (nSPS) is 11.7. The summed E-state index contributed by atoms with van der Waals surface area (Å²) in [5.41, 5.74) is 4.25. The molecule has 0 bridgehead atoms. The second kappa shape index (κ2) is 9.00. The molecule has 0 aliphatic rings. The number of rotatable bonds is 6. The number of aromatic nitrogens is 3. The molecule has 3 aromatic rings. The molecule has 0 N–H and O–H groups in total. The monoisotopic (exact) mass is 418 g/mol. The van der Waals surface area contributed by atoms with Gasteiger partial charge in [-0.1, -0.05) is 19.9 Å². The van der Waals surface area contributed by atoms with Crippen molar-refractivity contribution in [3.05, 3.63) is 74.6 Å². The summed E-state index contributed by atoms with van der Waals surface area (Å²) in [4.78, 5) is 29.1. The smallest absolute Gasteiger partial charge is 0.349 e. The van der Waals surface area contributed by atoms with Gasteiger partial charge in [0.25, 0.3) is 5.56 Å². The minimum atomic E-state index is -0.748. The molecule has 0 radical (unpaired) electrons. The average Bonchev–Trinajstić information content (AvgIpc) is 2.97. The zero-order chi connectivity index (χ0) is 22.7. The summed E-state index contributed by atoms with van der Waals surface area (Å²) in [5, 5.41) is 9.48. The summed E-state index contributed by atoms with van der Waals surface area (Å²) >= 11 is 0. The zero-order valence-corrected chi connectivity index (χ0v) is 18.5. The van der Waals surface area contributed by atoms with Gasteiger partial charge in [0.15, 0.2) is 0 Å². The third kappa shape index (κ3) is 4.92. The van der Waals surface area contributed by atoms with E-state index in [0.717, 1.165) is 29.1 Å². The maximum absolute atomic E-state index is 12.5. The Labute approximate surface area is 181 Å². The topological polar surface area (TPSA) is 89.4 Å². The SMILES string of the molecule is Cc1ccc2nc(COC(=O)/C(C#N)=C\c3cc(C)n(CC(C)C)c3C)cc(=O)n2c1. The molecule has 3 heterocycles. The highest BCUT2D eigenvalue weighted by molar-refractivity contribution is 5.98. The highest BCUT2D eigenvalue weighted by Gasteiger charge is 2.15. The summed E-state index contributed by atoms with van der Waals surface area (Å²) in [6.07, 6.45) is 3.25. The van der Waals surface area contributed by atoms with Gasteiger partial charge in [-0.2, -0.15) is 5.26 Å². The van der Waals surface area contributed by atoms with Gasteiger partial charge in [-0.15, -0.1) is 0 Å². The molecular weight excluding hydrogens is 392 g/mol. The Hall–Kier alpha value is -3.66. The standard InChI is InChI=1S/C24H26N4O3/c1-15(2)12-27-17(4)8-19(18(27)5)9-20(11-25)24(30)31-14-21-10-23(29)28-13-16(3)6-7-22(28)26-21/h6-10,13,15H,12,14H2,1-5H3/b20-9-. The number of hydrogen-bond acceptors (Lipinski definition) is 5. The van der Waals surface area contributed by atoms with Gasteiger partial charge in [0.1, 0.15) is 23.9 Å². The van der Waals surface area contributed by atoms with Gasteiger partial charge in [-0.3, -0.25) is 9.20 Å². The van der Waals surface area contributed by atoms with Gasteiger partial charge in [0.2, 0.25) is 0 Å². The molecule has 0 unspecified atom stereocenters. The molecule has 3 rings (SSSR count). The van der Waals surface area contributed by atoms with E-state index in [2.05, 4.69) is 23.4 Å². The molecule has 7 heteroatoms. The quantitative estimate of drug-likeness (QED) is 0.346. The first-order valence-corrected chi connectivity index (χ1v) is 10.1. The van der Waals surface area contributed by atoms with Crippen LogP contribution in [-0.2, 0) is 22.7 Å². The Bertz CT molecular complexity index is 1270. The lowest BCUT2D eigenvalue weighted by atomic mass is 10.1. The number of hydrogen-bond donors (Lipinski definition) is 0. The van der Waals surface area contributed by atoms with Crippen molar-refractivity contribution in [2.75, 3.05) is 0 Å². The van der Waals surface area contributed by atoms with Crippen molar-refractivity contribution in [1.29, 1.82) is 5.26 Å². The van der Waals surface area contributed by atoms with Crippen LogP contribution in [0, 0.1) is 38.0 Å². The molecule has 0 saturated heterocycles. The Morgan fingerprint density at radius 1 is 1.26 bits per heavy atom. The highest BCUT2D eigenvalue weighted by atomic mass is 16.5. The van der Waals surface area contributed by atoms with Gasteiger partial charge in [-0.25, -0.2) is 9.78 Å². The number of aryl methyl sites for hydroxylation is 2. The van der Waals surface area contributed by atoms with Gasteiger partial charge < -0.3 is 9.30 Å². The molecule has 0 spiro atoms. The summed E-state index contributed by atoms with van der Waals surface area (Å²) in [6.45, 7) is 10.8. The average molecular weight is 418 g/mol.